The highest BCUT2D eigenvalue weighted by atomic mass is 16.3. The van der Waals surface area contributed by atoms with Gasteiger partial charge in [0.25, 0.3) is 0 Å². The summed E-state index contributed by atoms with van der Waals surface area (Å²) in [5, 5.41) is 6.66. The number of anilines is 3. The van der Waals surface area contributed by atoms with E-state index in [9.17, 15) is 0 Å². The predicted molar refractivity (Wildman–Crippen MR) is 176 cm³/mol. The number of aromatic nitrogens is 2. The number of fused-ring (bicyclic) bond motifs is 3. The molecule has 204 valence electrons. The molecule has 0 N–H and O–H groups in total. The average Bonchev–Trinajstić information content (AvgIpc) is 3.75. The fourth-order valence-corrected chi connectivity index (χ4v) is 5.82. The van der Waals surface area contributed by atoms with E-state index in [1.807, 2.05) is 35.1 Å². The molecule has 0 aliphatic rings. The molecule has 0 unspecified atom stereocenters. The SMILES string of the molecule is c1ccc(-c2ccc(N(c3ccc(-c4cccc5c4oc4ccccc45)cc3)c3ccc(-n4cccn4)cc3)cc2)cc1. The Labute approximate surface area is 249 Å². The van der Waals surface area contributed by atoms with E-state index < -0.39 is 0 Å². The summed E-state index contributed by atoms with van der Waals surface area (Å²) in [6, 6.07) is 53.0. The molecule has 4 nitrogen and oxygen atoms in total. The molecule has 0 bridgehead atoms. The van der Waals surface area contributed by atoms with Gasteiger partial charge in [0, 0.05) is 45.8 Å². The Hall–Kier alpha value is -5.87. The summed E-state index contributed by atoms with van der Waals surface area (Å²) in [6.07, 6.45) is 3.75. The molecule has 43 heavy (non-hydrogen) atoms. The lowest BCUT2D eigenvalue weighted by Gasteiger charge is -2.26. The van der Waals surface area contributed by atoms with Gasteiger partial charge in [0.05, 0.1) is 5.69 Å². The normalized spacial score (nSPS) is 11.3. The van der Waals surface area contributed by atoms with Gasteiger partial charge < -0.3 is 9.32 Å². The fraction of sp³-hybridized carbons (Fsp3) is 0. The average molecular weight is 554 g/mol. The molecular formula is C39H27N3O. The monoisotopic (exact) mass is 553 g/mol. The van der Waals surface area contributed by atoms with Crippen molar-refractivity contribution in [3.05, 3.63) is 164 Å². The summed E-state index contributed by atoms with van der Waals surface area (Å²) in [6.45, 7) is 0. The van der Waals surface area contributed by atoms with E-state index in [2.05, 4.69) is 137 Å². The largest absolute Gasteiger partial charge is 0.455 e. The van der Waals surface area contributed by atoms with Gasteiger partial charge >= 0.3 is 0 Å². The highest BCUT2D eigenvalue weighted by molar-refractivity contribution is 6.09. The lowest BCUT2D eigenvalue weighted by atomic mass is 10.0. The van der Waals surface area contributed by atoms with Crippen molar-refractivity contribution in [1.82, 2.24) is 9.78 Å². The summed E-state index contributed by atoms with van der Waals surface area (Å²) >= 11 is 0. The lowest BCUT2D eigenvalue weighted by Crippen LogP contribution is -2.10. The Bertz CT molecular complexity index is 2140. The molecule has 0 saturated carbocycles. The van der Waals surface area contributed by atoms with Crippen LogP contribution in [0.15, 0.2) is 168 Å². The van der Waals surface area contributed by atoms with Crippen molar-refractivity contribution in [3.8, 4) is 27.9 Å². The van der Waals surface area contributed by atoms with Gasteiger partial charge in [0.15, 0.2) is 0 Å². The van der Waals surface area contributed by atoms with E-state index in [1.165, 1.54) is 11.1 Å². The second-order valence-electron chi connectivity index (χ2n) is 10.5. The van der Waals surface area contributed by atoms with Gasteiger partial charge in [-0.2, -0.15) is 5.10 Å². The van der Waals surface area contributed by atoms with Crippen LogP contribution < -0.4 is 4.90 Å². The molecular weight excluding hydrogens is 526 g/mol. The van der Waals surface area contributed by atoms with Gasteiger partial charge in [0.1, 0.15) is 11.2 Å². The summed E-state index contributed by atoms with van der Waals surface area (Å²) in [4.78, 5) is 2.28. The Morgan fingerprint density at radius 1 is 0.488 bits per heavy atom. The Balaban J connectivity index is 1.20. The van der Waals surface area contributed by atoms with E-state index in [0.717, 1.165) is 55.8 Å². The van der Waals surface area contributed by atoms with E-state index >= 15 is 0 Å². The zero-order valence-corrected chi connectivity index (χ0v) is 23.3. The maximum absolute atomic E-state index is 6.33. The smallest absolute Gasteiger partial charge is 0.143 e. The highest BCUT2D eigenvalue weighted by Gasteiger charge is 2.16. The van der Waals surface area contributed by atoms with Crippen LogP contribution in [0.3, 0.4) is 0 Å². The topological polar surface area (TPSA) is 34.2 Å². The minimum absolute atomic E-state index is 0.908. The van der Waals surface area contributed by atoms with Crippen LogP contribution in [0.5, 0.6) is 0 Å². The quantitative estimate of drug-likeness (QED) is 0.205. The second-order valence-corrected chi connectivity index (χ2v) is 10.5. The Kier molecular flexibility index (Phi) is 6.08. The molecule has 0 atom stereocenters. The number of furan rings is 1. The van der Waals surface area contributed by atoms with Gasteiger partial charge in [-0.05, 0) is 77.4 Å². The van der Waals surface area contributed by atoms with Crippen molar-refractivity contribution in [2.24, 2.45) is 0 Å². The minimum Gasteiger partial charge on any atom is -0.455 e. The van der Waals surface area contributed by atoms with Crippen LogP contribution in [-0.4, -0.2) is 9.78 Å². The molecule has 0 saturated heterocycles. The van der Waals surface area contributed by atoms with Crippen LogP contribution >= 0.6 is 0 Å². The third kappa shape index (κ3) is 4.55. The second kappa shape index (κ2) is 10.5. The molecule has 0 radical (unpaired) electrons. The van der Waals surface area contributed by atoms with Gasteiger partial charge in [-0.1, -0.05) is 91.0 Å². The van der Waals surface area contributed by atoms with Crippen LogP contribution in [0.2, 0.25) is 0 Å². The molecule has 0 spiro atoms. The third-order valence-corrected chi connectivity index (χ3v) is 7.95. The summed E-state index contributed by atoms with van der Waals surface area (Å²) in [5.74, 6) is 0. The van der Waals surface area contributed by atoms with E-state index in [0.29, 0.717) is 0 Å². The molecule has 0 amide bonds. The maximum Gasteiger partial charge on any atom is 0.143 e. The molecule has 0 aliphatic carbocycles. The molecule has 6 aromatic carbocycles. The van der Waals surface area contributed by atoms with Gasteiger partial charge in [-0.25, -0.2) is 4.68 Å². The molecule has 2 heterocycles. The first-order valence-electron chi connectivity index (χ1n) is 14.4. The fourth-order valence-electron chi connectivity index (χ4n) is 5.82. The van der Waals surface area contributed by atoms with Crippen LogP contribution in [0.1, 0.15) is 0 Å². The summed E-state index contributed by atoms with van der Waals surface area (Å²) in [5.41, 5.74) is 10.6. The summed E-state index contributed by atoms with van der Waals surface area (Å²) in [7, 11) is 0. The van der Waals surface area contributed by atoms with Crippen molar-refractivity contribution in [1.29, 1.82) is 0 Å². The molecule has 4 heteroatoms. The Morgan fingerprint density at radius 2 is 1.09 bits per heavy atom. The van der Waals surface area contributed by atoms with Crippen LogP contribution in [-0.2, 0) is 0 Å². The number of nitrogens with zero attached hydrogens (tertiary/aromatic N) is 3. The predicted octanol–water partition coefficient (Wildman–Crippen LogP) is 10.6. The highest BCUT2D eigenvalue weighted by Crippen LogP contribution is 2.39. The van der Waals surface area contributed by atoms with Crippen LogP contribution in [0.25, 0.3) is 49.9 Å². The molecule has 8 aromatic rings. The van der Waals surface area contributed by atoms with Crippen LogP contribution in [0.4, 0.5) is 17.1 Å². The van der Waals surface area contributed by atoms with Gasteiger partial charge in [0.2, 0.25) is 0 Å². The van der Waals surface area contributed by atoms with E-state index in [-0.39, 0.29) is 0 Å². The minimum atomic E-state index is 0.908. The van der Waals surface area contributed by atoms with Gasteiger partial charge in [-0.15, -0.1) is 0 Å². The molecule has 0 aliphatic heterocycles. The number of para-hydroxylation sites is 2. The lowest BCUT2D eigenvalue weighted by molar-refractivity contribution is 0.670. The number of rotatable bonds is 6. The number of benzene rings is 6. The first kappa shape index (κ1) is 24.9. The van der Waals surface area contributed by atoms with Crippen molar-refractivity contribution in [2.75, 3.05) is 4.90 Å². The Morgan fingerprint density at radius 3 is 1.79 bits per heavy atom. The first-order valence-corrected chi connectivity index (χ1v) is 14.4. The molecule has 0 fully saturated rings. The van der Waals surface area contributed by atoms with Crippen molar-refractivity contribution in [3.63, 3.8) is 0 Å². The van der Waals surface area contributed by atoms with Crippen molar-refractivity contribution in [2.45, 2.75) is 0 Å². The van der Waals surface area contributed by atoms with E-state index in [4.69, 9.17) is 4.42 Å². The van der Waals surface area contributed by atoms with Crippen molar-refractivity contribution < 1.29 is 4.42 Å². The van der Waals surface area contributed by atoms with Gasteiger partial charge in [-0.3, -0.25) is 0 Å². The van der Waals surface area contributed by atoms with Crippen LogP contribution in [0, 0.1) is 0 Å². The standard InChI is InChI=1S/C39H27N3O/c1-2-8-28(9-3-1)29-14-18-32(19-15-29)42(34-24-22-31(23-25-34)41-27-7-26-40-41)33-20-16-30(17-21-33)35-11-6-12-37-36-10-4-5-13-38(36)43-39(35)37/h1-27H. The first-order chi connectivity index (χ1) is 21.3. The zero-order chi connectivity index (χ0) is 28.6. The third-order valence-electron chi connectivity index (χ3n) is 7.95. The molecule has 8 rings (SSSR count). The number of hydrogen-bond acceptors (Lipinski definition) is 3. The summed E-state index contributed by atoms with van der Waals surface area (Å²) < 4.78 is 8.20. The van der Waals surface area contributed by atoms with E-state index in [1.54, 1.807) is 6.20 Å². The van der Waals surface area contributed by atoms with Crippen molar-refractivity contribution >= 4 is 39.0 Å². The molecule has 2 aromatic heterocycles. The zero-order valence-electron chi connectivity index (χ0n) is 23.3. The maximum atomic E-state index is 6.33. The number of hydrogen-bond donors (Lipinski definition) is 0.